The summed E-state index contributed by atoms with van der Waals surface area (Å²) in [6.45, 7) is 0.271. The van der Waals surface area contributed by atoms with Crippen molar-refractivity contribution in [2.24, 2.45) is 0 Å². The number of carbonyl (C=O) groups is 1. The molecule has 2 amide bonds. The van der Waals surface area contributed by atoms with Crippen LogP contribution in [0.25, 0.3) is 0 Å². The number of aromatic nitrogens is 2. The highest BCUT2D eigenvalue weighted by molar-refractivity contribution is 9.10. The Morgan fingerprint density at radius 3 is 2.54 bits per heavy atom. The third-order valence-electron chi connectivity index (χ3n) is 3.27. The zero-order chi connectivity index (χ0) is 16.9. The second kappa shape index (κ2) is 7.27. The van der Waals surface area contributed by atoms with Crippen molar-refractivity contribution in [1.29, 1.82) is 0 Å². The third kappa shape index (κ3) is 3.99. The van der Waals surface area contributed by atoms with Crippen LogP contribution in [0.4, 0.5) is 20.7 Å². The van der Waals surface area contributed by atoms with Crippen LogP contribution < -0.4 is 10.6 Å². The number of amides is 2. The maximum atomic E-state index is 13.7. The molecular formula is C17H14BrFN4O. The van der Waals surface area contributed by atoms with Gasteiger partial charge >= 0.3 is 6.03 Å². The van der Waals surface area contributed by atoms with Gasteiger partial charge in [-0.3, -0.25) is 10.00 Å². The van der Waals surface area contributed by atoms with Crippen LogP contribution in [0.15, 0.2) is 65.3 Å². The zero-order valence-corrected chi connectivity index (χ0v) is 14.1. The van der Waals surface area contributed by atoms with Crippen LogP contribution in [0.5, 0.6) is 0 Å². The molecule has 0 atom stereocenters. The molecule has 24 heavy (non-hydrogen) atoms. The van der Waals surface area contributed by atoms with E-state index >= 15 is 0 Å². The molecule has 2 aromatic carbocycles. The van der Waals surface area contributed by atoms with E-state index in [1.165, 1.54) is 6.07 Å². The number of hydrogen-bond donors (Lipinski definition) is 2. The Morgan fingerprint density at radius 2 is 1.79 bits per heavy atom. The maximum absolute atomic E-state index is 13.7. The first kappa shape index (κ1) is 16.2. The molecule has 0 saturated carbocycles. The van der Waals surface area contributed by atoms with E-state index in [0.717, 1.165) is 0 Å². The first-order valence-corrected chi connectivity index (χ1v) is 8.00. The fourth-order valence-corrected chi connectivity index (χ4v) is 2.57. The van der Waals surface area contributed by atoms with Crippen molar-refractivity contribution in [2.75, 3.05) is 10.6 Å². The van der Waals surface area contributed by atoms with Crippen LogP contribution in [-0.2, 0) is 6.54 Å². The molecule has 0 fully saturated rings. The molecule has 122 valence electrons. The Bertz CT molecular complexity index is 851. The van der Waals surface area contributed by atoms with Gasteiger partial charge < -0.3 is 5.32 Å². The summed E-state index contributed by atoms with van der Waals surface area (Å²) in [5, 5.41) is 9.62. The molecule has 1 aromatic heterocycles. The Labute approximate surface area is 146 Å². The van der Waals surface area contributed by atoms with Gasteiger partial charge in [0.1, 0.15) is 5.82 Å². The maximum Gasteiger partial charge on any atom is 0.324 e. The lowest BCUT2D eigenvalue weighted by atomic mass is 10.2. The SMILES string of the molecule is O=C(Nc1ccccc1)Nc1nn(Cc2ccccc2F)cc1Br. The first-order valence-electron chi connectivity index (χ1n) is 7.21. The average Bonchev–Trinajstić information content (AvgIpc) is 2.90. The predicted octanol–water partition coefficient (Wildman–Crippen LogP) is 4.48. The lowest BCUT2D eigenvalue weighted by Gasteiger charge is -2.06. The quantitative estimate of drug-likeness (QED) is 0.692. The summed E-state index contributed by atoms with van der Waals surface area (Å²) in [5.74, 6) is 0.0697. The molecule has 0 unspecified atom stereocenters. The van der Waals surface area contributed by atoms with Gasteiger partial charge in [-0.15, -0.1) is 0 Å². The molecule has 1 heterocycles. The number of anilines is 2. The Hall–Kier alpha value is -2.67. The Kier molecular flexibility index (Phi) is 4.90. The Morgan fingerprint density at radius 1 is 1.08 bits per heavy atom. The fourth-order valence-electron chi connectivity index (χ4n) is 2.16. The second-order valence-corrected chi connectivity index (χ2v) is 5.91. The predicted molar refractivity (Wildman–Crippen MR) is 94.5 cm³/mol. The van der Waals surface area contributed by atoms with Crippen LogP contribution in [0, 0.1) is 5.82 Å². The normalized spacial score (nSPS) is 10.4. The van der Waals surface area contributed by atoms with Crippen molar-refractivity contribution >= 4 is 33.5 Å². The van der Waals surface area contributed by atoms with Gasteiger partial charge in [0.25, 0.3) is 0 Å². The van der Waals surface area contributed by atoms with Gasteiger partial charge in [-0.05, 0) is 34.1 Å². The van der Waals surface area contributed by atoms with Crippen molar-refractivity contribution in [2.45, 2.75) is 6.54 Å². The average molecular weight is 389 g/mol. The molecule has 0 aliphatic rings. The zero-order valence-electron chi connectivity index (χ0n) is 12.5. The lowest BCUT2D eigenvalue weighted by molar-refractivity contribution is 0.262. The molecule has 3 aromatic rings. The summed E-state index contributed by atoms with van der Waals surface area (Å²) >= 11 is 3.34. The number of benzene rings is 2. The van der Waals surface area contributed by atoms with Gasteiger partial charge in [0, 0.05) is 17.4 Å². The molecular weight excluding hydrogens is 375 g/mol. The van der Waals surface area contributed by atoms with Crippen molar-refractivity contribution in [1.82, 2.24) is 9.78 Å². The minimum absolute atomic E-state index is 0.271. The topological polar surface area (TPSA) is 59.0 Å². The molecule has 7 heteroatoms. The molecule has 0 radical (unpaired) electrons. The van der Waals surface area contributed by atoms with Crippen LogP contribution in [0.3, 0.4) is 0 Å². The summed E-state index contributed by atoms with van der Waals surface area (Å²) in [4.78, 5) is 12.0. The molecule has 2 N–H and O–H groups in total. The van der Waals surface area contributed by atoms with E-state index in [9.17, 15) is 9.18 Å². The van der Waals surface area contributed by atoms with E-state index in [1.54, 1.807) is 41.2 Å². The van der Waals surface area contributed by atoms with E-state index in [-0.39, 0.29) is 12.4 Å². The van der Waals surface area contributed by atoms with Crippen LogP contribution >= 0.6 is 15.9 Å². The van der Waals surface area contributed by atoms with E-state index in [4.69, 9.17) is 0 Å². The molecule has 0 saturated heterocycles. The van der Waals surface area contributed by atoms with E-state index < -0.39 is 6.03 Å². The number of carbonyl (C=O) groups excluding carboxylic acids is 1. The Balaban J connectivity index is 1.68. The van der Waals surface area contributed by atoms with E-state index in [1.807, 2.05) is 18.2 Å². The highest BCUT2D eigenvalue weighted by Gasteiger charge is 2.11. The third-order valence-corrected chi connectivity index (χ3v) is 3.85. The number of hydrogen-bond acceptors (Lipinski definition) is 2. The van der Waals surface area contributed by atoms with Crippen molar-refractivity contribution in [3.05, 3.63) is 76.6 Å². The van der Waals surface area contributed by atoms with Crippen molar-refractivity contribution in [3.8, 4) is 0 Å². The monoisotopic (exact) mass is 388 g/mol. The minimum Gasteiger partial charge on any atom is -0.308 e. The van der Waals surface area contributed by atoms with Gasteiger partial charge in [0.05, 0.1) is 11.0 Å². The van der Waals surface area contributed by atoms with E-state index in [2.05, 4.69) is 31.7 Å². The summed E-state index contributed by atoms with van der Waals surface area (Å²) < 4.78 is 15.9. The standard InChI is InChI=1S/C17H14BrFN4O/c18-14-11-23(10-12-6-4-5-9-15(12)19)22-16(14)21-17(24)20-13-7-2-1-3-8-13/h1-9,11H,10H2,(H2,20,21,22,24). The smallest absolute Gasteiger partial charge is 0.308 e. The largest absolute Gasteiger partial charge is 0.324 e. The molecule has 3 rings (SSSR count). The van der Waals surface area contributed by atoms with Crippen LogP contribution in [0.2, 0.25) is 0 Å². The van der Waals surface area contributed by atoms with Gasteiger partial charge in [0.15, 0.2) is 5.82 Å². The highest BCUT2D eigenvalue weighted by Crippen LogP contribution is 2.21. The highest BCUT2D eigenvalue weighted by atomic mass is 79.9. The van der Waals surface area contributed by atoms with Gasteiger partial charge in [0.2, 0.25) is 0 Å². The van der Waals surface area contributed by atoms with Crippen molar-refractivity contribution < 1.29 is 9.18 Å². The fraction of sp³-hybridized carbons (Fsp3) is 0.0588. The molecule has 0 aliphatic heterocycles. The van der Waals surface area contributed by atoms with E-state index in [0.29, 0.717) is 21.5 Å². The summed E-state index contributed by atoms with van der Waals surface area (Å²) in [7, 11) is 0. The molecule has 0 spiro atoms. The second-order valence-electron chi connectivity index (χ2n) is 5.06. The lowest BCUT2D eigenvalue weighted by Crippen LogP contribution is -2.20. The molecule has 0 aliphatic carbocycles. The van der Waals surface area contributed by atoms with Gasteiger partial charge in [-0.25, -0.2) is 9.18 Å². The number of halogens is 2. The number of urea groups is 1. The summed E-state index contributed by atoms with van der Waals surface area (Å²) in [6.07, 6.45) is 1.69. The van der Waals surface area contributed by atoms with Crippen LogP contribution in [-0.4, -0.2) is 15.8 Å². The molecule has 5 nitrogen and oxygen atoms in total. The summed E-state index contributed by atoms with van der Waals surface area (Å²) in [6, 6.07) is 15.2. The van der Waals surface area contributed by atoms with Crippen molar-refractivity contribution in [3.63, 3.8) is 0 Å². The number of rotatable bonds is 4. The number of nitrogens with zero attached hydrogens (tertiary/aromatic N) is 2. The van der Waals surface area contributed by atoms with Gasteiger partial charge in [-0.2, -0.15) is 5.10 Å². The van der Waals surface area contributed by atoms with Crippen LogP contribution in [0.1, 0.15) is 5.56 Å². The minimum atomic E-state index is -0.405. The first-order chi connectivity index (χ1) is 11.6. The molecule has 0 bridgehead atoms. The number of para-hydroxylation sites is 1. The summed E-state index contributed by atoms with van der Waals surface area (Å²) in [5.41, 5.74) is 1.20. The van der Waals surface area contributed by atoms with Gasteiger partial charge in [-0.1, -0.05) is 36.4 Å². The number of nitrogens with one attached hydrogen (secondary N) is 2.